The molecule has 0 saturated carbocycles. The molecule has 2 N–H and O–H groups in total. The number of ether oxygens (including phenoxy) is 2. The summed E-state index contributed by atoms with van der Waals surface area (Å²) in [6, 6.07) is -0.463. The minimum atomic E-state index is -0.559. The lowest BCUT2D eigenvalue weighted by atomic mass is 10.2. The minimum Gasteiger partial charge on any atom is -0.460 e. The predicted octanol–water partition coefficient (Wildman–Crippen LogP) is 2.90. The zero-order valence-electron chi connectivity index (χ0n) is 18.5. The Kier molecular flexibility index (Phi) is 7.80. The first kappa shape index (κ1) is 24.1. The van der Waals surface area contributed by atoms with Gasteiger partial charge < -0.3 is 19.7 Å². The lowest BCUT2D eigenvalue weighted by Crippen LogP contribution is -2.40. The Morgan fingerprint density at radius 2 is 1.94 bits per heavy atom. The highest BCUT2D eigenvalue weighted by molar-refractivity contribution is 7.19. The number of nitrogens with zero attached hydrogens (tertiary/aromatic N) is 3. The number of carbonyl (C=O) groups excluding carboxylic acids is 3. The molecular weight excluding hydrogens is 454 g/mol. The normalized spacial score (nSPS) is 14.2. The second kappa shape index (κ2) is 10.4. The van der Waals surface area contributed by atoms with Crippen LogP contribution in [0.1, 0.15) is 42.7 Å². The fourth-order valence-corrected chi connectivity index (χ4v) is 4.65. The van der Waals surface area contributed by atoms with Crippen LogP contribution in [0.4, 0.5) is 9.93 Å². The SMILES string of the molecule is Cc1nc(NC(=O)NCCC(=O)OC(C)(C)C)sc1-c1csc(C(=O)N2CCOCC2)n1. The maximum absolute atomic E-state index is 12.6. The van der Waals surface area contributed by atoms with Crippen molar-refractivity contribution in [1.82, 2.24) is 20.2 Å². The maximum atomic E-state index is 12.6. The summed E-state index contributed by atoms with van der Waals surface area (Å²) in [5.41, 5.74) is 0.797. The van der Waals surface area contributed by atoms with Gasteiger partial charge in [0, 0.05) is 25.0 Å². The van der Waals surface area contributed by atoms with Gasteiger partial charge >= 0.3 is 12.0 Å². The lowest BCUT2D eigenvalue weighted by molar-refractivity contribution is -0.154. The average Bonchev–Trinajstić information content (AvgIpc) is 3.33. The van der Waals surface area contributed by atoms with Crippen LogP contribution in [-0.4, -0.2) is 71.2 Å². The number of amides is 3. The number of hydrogen-bond donors (Lipinski definition) is 2. The van der Waals surface area contributed by atoms with Crippen molar-refractivity contribution in [3.63, 3.8) is 0 Å². The van der Waals surface area contributed by atoms with Crippen molar-refractivity contribution in [3.8, 4) is 10.6 Å². The number of nitrogens with one attached hydrogen (secondary N) is 2. The molecule has 2 aromatic rings. The van der Waals surface area contributed by atoms with Gasteiger partial charge in [0.05, 0.1) is 35.9 Å². The first-order valence-corrected chi connectivity index (χ1v) is 11.9. The predicted molar refractivity (Wildman–Crippen MR) is 122 cm³/mol. The minimum absolute atomic E-state index is 0.0750. The molecule has 2 aromatic heterocycles. The van der Waals surface area contributed by atoms with Crippen LogP contribution in [0.25, 0.3) is 10.6 Å². The van der Waals surface area contributed by atoms with Gasteiger partial charge in [-0.15, -0.1) is 11.3 Å². The van der Waals surface area contributed by atoms with E-state index in [1.165, 1.54) is 22.7 Å². The fourth-order valence-electron chi connectivity index (χ4n) is 2.88. The molecule has 3 amide bonds. The van der Waals surface area contributed by atoms with E-state index in [4.69, 9.17) is 9.47 Å². The molecule has 3 heterocycles. The van der Waals surface area contributed by atoms with E-state index in [0.717, 1.165) is 4.88 Å². The molecule has 12 heteroatoms. The van der Waals surface area contributed by atoms with Crippen molar-refractivity contribution in [2.24, 2.45) is 0 Å². The van der Waals surface area contributed by atoms with Crippen molar-refractivity contribution in [3.05, 3.63) is 16.1 Å². The van der Waals surface area contributed by atoms with Crippen molar-refractivity contribution in [1.29, 1.82) is 0 Å². The highest BCUT2D eigenvalue weighted by atomic mass is 32.1. The summed E-state index contributed by atoms with van der Waals surface area (Å²) in [5.74, 6) is -0.481. The van der Waals surface area contributed by atoms with Crippen LogP contribution in [0.3, 0.4) is 0 Å². The number of aromatic nitrogens is 2. The summed E-state index contributed by atoms with van der Waals surface area (Å²) in [7, 11) is 0. The number of morpholine rings is 1. The fraction of sp³-hybridized carbons (Fsp3) is 0.550. The van der Waals surface area contributed by atoms with E-state index < -0.39 is 11.6 Å². The molecule has 0 bridgehead atoms. The molecule has 1 aliphatic heterocycles. The van der Waals surface area contributed by atoms with Crippen LogP contribution in [0.2, 0.25) is 0 Å². The van der Waals surface area contributed by atoms with E-state index in [0.29, 0.717) is 47.8 Å². The van der Waals surface area contributed by atoms with Crippen molar-refractivity contribution < 1.29 is 23.9 Å². The Morgan fingerprint density at radius 1 is 1.22 bits per heavy atom. The third-order valence-corrected chi connectivity index (χ3v) is 6.20. The summed E-state index contributed by atoms with van der Waals surface area (Å²) in [6.45, 7) is 9.53. The Bertz CT molecular complexity index is 975. The molecule has 0 aliphatic carbocycles. The van der Waals surface area contributed by atoms with Gasteiger partial charge in [0.15, 0.2) is 10.1 Å². The van der Waals surface area contributed by atoms with Crippen molar-refractivity contribution >= 4 is 45.7 Å². The van der Waals surface area contributed by atoms with Gasteiger partial charge in [0.1, 0.15) is 5.60 Å². The van der Waals surface area contributed by atoms with Gasteiger partial charge in [-0.2, -0.15) is 0 Å². The van der Waals surface area contributed by atoms with E-state index in [1.54, 1.807) is 25.7 Å². The summed E-state index contributed by atoms with van der Waals surface area (Å²) in [6.07, 6.45) is 0.0750. The molecule has 0 spiro atoms. The van der Waals surface area contributed by atoms with Crippen LogP contribution in [-0.2, 0) is 14.3 Å². The molecule has 174 valence electrons. The molecule has 0 radical (unpaired) electrons. The van der Waals surface area contributed by atoms with Crippen LogP contribution in [0.5, 0.6) is 0 Å². The third-order valence-electron chi connectivity index (χ3n) is 4.27. The second-order valence-corrected chi connectivity index (χ2v) is 9.95. The molecule has 10 nitrogen and oxygen atoms in total. The van der Waals surface area contributed by atoms with Crippen LogP contribution in [0.15, 0.2) is 5.38 Å². The average molecular weight is 482 g/mol. The largest absolute Gasteiger partial charge is 0.460 e. The quantitative estimate of drug-likeness (QED) is 0.608. The van der Waals surface area contributed by atoms with Gasteiger partial charge in [0.2, 0.25) is 0 Å². The van der Waals surface area contributed by atoms with Gasteiger partial charge in [0.25, 0.3) is 5.91 Å². The molecule has 1 fully saturated rings. The molecule has 1 saturated heterocycles. The van der Waals surface area contributed by atoms with E-state index in [-0.39, 0.29) is 24.8 Å². The second-order valence-electron chi connectivity index (χ2n) is 8.09. The molecule has 32 heavy (non-hydrogen) atoms. The standard InChI is InChI=1S/C20H27N5O5S2/c1-12-15(13-11-31-16(23-13)17(27)25-7-9-29-10-8-25)32-19(22-12)24-18(28)21-6-5-14(26)30-20(2,3)4/h11H,5-10H2,1-4H3,(H2,21,22,24,28). The Hall–Kier alpha value is -2.57. The topological polar surface area (TPSA) is 123 Å². The smallest absolute Gasteiger partial charge is 0.321 e. The highest BCUT2D eigenvalue weighted by Crippen LogP contribution is 2.33. The number of hydrogen-bond acceptors (Lipinski definition) is 9. The van der Waals surface area contributed by atoms with Crippen LogP contribution in [0, 0.1) is 6.92 Å². The van der Waals surface area contributed by atoms with E-state index in [9.17, 15) is 14.4 Å². The zero-order chi connectivity index (χ0) is 23.3. The van der Waals surface area contributed by atoms with Crippen molar-refractivity contribution in [2.45, 2.75) is 39.7 Å². The van der Waals surface area contributed by atoms with Crippen LogP contribution < -0.4 is 10.6 Å². The van der Waals surface area contributed by atoms with E-state index in [2.05, 4.69) is 20.6 Å². The molecule has 0 atom stereocenters. The van der Waals surface area contributed by atoms with E-state index >= 15 is 0 Å². The number of esters is 1. The first-order chi connectivity index (χ1) is 15.1. The Balaban J connectivity index is 1.54. The number of rotatable bonds is 6. The first-order valence-electron chi connectivity index (χ1n) is 10.2. The molecule has 0 aromatic carbocycles. The number of urea groups is 1. The summed E-state index contributed by atoms with van der Waals surface area (Å²) in [5, 5.41) is 7.92. The number of anilines is 1. The number of aryl methyl sites for hydroxylation is 1. The van der Waals surface area contributed by atoms with Gasteiger partial charge in [-0.05, 0) is 27.7 Å². The van der Waals surface area contributed by atoms with Crippen molar-refractivity contribution in [2.75, 3.05) is 38.2 Å². The summed E-state index contributed by atoms with van der Waals surface area (Å²) >= 11 is 2.56. The summed E-state index contributed by atoms with van der Waals surface area (Å²) in [4.78, 5) is 47.8. The summed E-state index contributed by atoms with van der Waals surface area (Å²) < 4.78 is 10.5. The molecule has 3 rings (SSSR count). The van der Waals surface area contributed by atoms with E-state index in [1.807, 2.05) is 12.3 Å². The zero-order valence-corrected chi connectivity index (χ0v) is 20.2. The van der Waals surface area contributed by atoms with Crippen LogP contribution >= 0.6 is 22.7 Å². The molecule has 1 aliphatic rings. The lowest BCUT2D eigenvalue weighted by Gasteiger charge is -2.25. The Labute approximate surface area is 194 Å². The Morgan fingerprint density at radius 3 is 2.62 bits per heavy atom. The third kappa shape index (κ3) is 6.71. The van der Waals surface area contributed by atoms with Gasteiger partial charge in [-0.1, -0.05) is 11.3 Å². The van der Waals surface area contributed by atoms with Gasteiger partial charge in [-0.3, -0.25) is 14.9 Å². The highest BCUT2D eigenvalue weighted by Gasteiger charge is 2.23. The molecule has 0 unspecified atom stereocenters. The monoisotopic (exact) mass is 481 g/mol. The maximum Gasteiger partial charge on any atom is 0.321 e. The number of thiazole rings is 2. The van der Waals surface area contributed by atoms with Gasteiger partial charge in [-0.25, -0.2) is 14.8 Å². The molecular formula is C20H27N5O5S2. The number of carbonyl (C=O) groups is 3.